The van der Waals surface area contributed by atoms with Crippen LogP contribution in [0.3, 0.4) is 0 Å². The Bertz CT molecular complexity index is 650. The topological polar surface area (TPSA) is 70.6 Å². The van der Waals surface area contributed by atoms with Crippen molar-refractivity contribution in [1.82, 2.24) is 5.32 Å². The first-order valence-corrected chi connectivity index (χ1v) is 7.67. The number of benzene rings is 2. The molecule has 0 radical (unpaired) electrons. The van der Waals surface area contributed by atoms with Crippen molar-refractivity contribution in [3.63, 3.8) is 0 Å². The van der Waals surface area contributed by atoms with Crippen LogP contribution in [-0.4, -0.2) is 24.4 Å². The van der Waals surface area contributed by atoms with Crippen LogP contribution < -0.4 is 15.4 Å². The van der Waals surface area contributed by atoms with Gasteiger partial charge in [-0.05, 0) is 30.7 Å². The van der Waals surface area contributed by atoms with E-state index in [1.54, 1.807) is 18.2 Å². The lowest BCUT2D eigenvalue weighted by molar-refractivity contribution is 0.225. The fraction of sp³-hybridized carbons (Fsp3) is 0.235. The summed E-state index contributed by atoms with van der Waals surface area (Å²) >= 11 is 6.08. The summed E-state index contributed by atoms with van der Waals surface area (Å²) in [6.07, 6.45) is 0. The van der Waals surface area contributed by atoms with E-state index >= 15 is 0 Å². The van der Waals surface area contributed by atoms with Crippen molar-refractivity contribution < 1.29 is 14.6 Å². The summed E-state index contributed by atoms with van der Waals surface area (Å²) in [7, 11) is 0. The number of urea groups is 1. The molecule has 3 N–H and O–H groups in total. The lowest BCUT2D eigenvalue weighted by Crippen LogP contribution is -2.34. The second-order valence-electron chi connectivity index (χ2n) is 4.82. The standard InChI is InChI=1S/C17H19ClN2O3/c1-2-23-16-9-8-13(10-14(16)18)19-17(22)20-15(11-21)12-6-4-3-5-7-12/h3-10,15,21H,2,11H2,1H3,(H2,19,20,22). The highest BCUT2D eigenvalue weighted by Crippen LogP contribution is 2.27. The van der Waals surface area contributed by atoms with Gasteiger partial charge in [0.05, 0.1) is 24.3 Å². The number of carbonyl (C=O) groups is 1. The highest BCUT2D eigenvalue weighted by Gasteiger charge is 2.13. The second kappa shape index (κ2) is 8.41. The van der Waals surface area contributed by atoms with E-state index in [0.717, 1.165) is 5.56 Å². The van der Waals surface area contributed by atoms with Crippen LogP contribution >= 0.6 is 11.6 Å². The van der Waals surface area contributed by atoms with Crippen LogP contribution in [0.25, 0.3) is 0 Å². The number of halogens is 1. The van der Waals surface area contributed by atoms with Gasteiger partial charge in [0, 0.05) is 5.69 Å². The maximum absolute atomic E-state index is 12.1. The van der Waals surface area contributed by atoms with E-state index in [0.29, 0.717) is 23.1 Å². The smallest absolute Gasteiger partial charge is 0.319 e. The minimum absolute atomic E-state index is 0.193. The number of carbonyl (C=O) groups excluding carboxylic acids is 1. The van der Waals surface area contributed by atoms with Gasteiger partial charge in [0.1, 0.15) is 5.75 Å². The van der Waals surface area contributed by atoms with Crippen molar-refractivity contribution in [3.8, 4) is 5.75 Å². The summed E-state index contributed by atoms with van der Waals surface area (Å²) in [5.74, 6) is 0.567. The van der Waals surface area contributed by atoms with Gasteiger partial charge in [-0.2, -0.15) is 0 Å². The van der Waals surface area contributed by atoms with Gasteiger partial charge in [-0.15, -0.1) is 0 Å². The maximum atomic E-state index is 12.1. The minimum atomic E-state index is -0.477. The van der Waals surface area contributed by atoms with Gasteiger partial charge in [-0.1, -0.05) is 41.9 Å². The Balaban J connectivity index is 2.00. The highest BCUT2D eigenvalue weighted by molar-refractivity contribution is 6.32. The summed E-state index contributed by atoms with van der Waals surface area (Å²) in [5, 5.41) is 15.3. The fourth-order valence-electron chi connectivity index (χ4n) is 2.10. The Hall–Kier alpha value is -2.24. The van der Waals surface area contributed by atoms with Gasteiger partial charge < -0.3 is 20.5 Å². The average Bonchev–Trinajstić information content (AvgIpc) is 2.56. The Morgan fingerprint density at radius 3 is 2.61 bits per heavy atom. The van der Waals surface area contributed by atoms with Crippen LogP contribution in [0.4, 0.5) is 10.5 Å². The molecule has 2 amide bonds. The normalized spacial score (nSPS) is 11.6. The molecule has 0 spiro atoms. The van der Waals surface area contributed by atoms with Crippen LogP contribution in [0.2, 0.25) is 5.02 Å². The van der Waals surface area contributed by atoms with E-state index in [-0.39, 0.29) is 6.61 Å². The quantitative estimate of drug-likeness (QED) is 0.756. The molecular weight excluding hydrogens is 316 g/mol. The maximum Gasteiger partial charge on any atom is 0.319 e. The molecule has 0 heterocycles. The first-order chi connectivity index (χ1) is 11.1. The number of hydrogen-bond acceptors (Lipinski definition) is 3. The number of anilines is 1. The molecule has 1 unspecified atom stereocenters. The predicted octanol–water partition coefficient (Wildman–Crippen LogP) is 3.59. The van der Waals surface area contributed by atoms with Gasteiger partial charge in [0.15, 0.2) is 0 Å². The molecule has 0 aliphatic carbocycles. The van der Waals surface area contributed by atoms with Crippen molar-refractivity contribution in [3.05, 3.63) is 59.1 Å². The van der Waals surface area contributed by atoms with Crippen molar-refractivity contribution in [2.45, 2.75) is 13.0 Å². The van der Waals surface area contributed by atoms with E-state index in [1.807, 2.05) is 37.3 Å². The Labute approximate surface area is 140 Å². The zero-order valence-corrected chi connectivity index (χ0v) is 13.5. The third-order valence-corrected chi connectivity index (χ3v) is 3.47. The van der Waals surface area contributed by atoms with Gasteiger partial charge in [-0.25, -0.2) is 4.79 Å². The molecule has 0 saturated carbocycles. The minimum Gasteiger partial charge on any atom is -0.492 e. The number of amides is 2. The van der Waals surface area contributed by atoms with Gasteiger partial charge in [0.25, 0.3) is 0 Å². The average molecular weight is 335 g/mol. The molecule has 0 fully saturated rings. The molecule has 0 saturated heterocycles. The second-order valence-corrected chi connectivity index (χ2v) is 5.23. The van der Waals surface area contributed by atoms with E-state index in [1.165, 1.54) is 0 Å². The van der Waals surface area contributed by atoms with Crippen molar-refractivity contribution in [1.29, 1.82) is 0 Å². The first kappa shape index (κ1) is 17.1. The molecule has 23 heavy (non-hydrogen) atoms. The molecule has 5 nitrogen and oxygen atoms in total. The third kappa shape index (κ3) is 4.87. The first-order valence-electron chi connectivity index (χ1n) is 7.29. The summed E-state index contributed by atoms with van der Waals surface area (Å²) in [6.45, 7) is 2.19. The summed E-state index contributed by atoms with van der Waals surface area (Å²) < 4.78 is 5.34. The van der Waals surface area contributed by atoms with Crippen molar-refractivity contribution in [2.75, 3.05) is 18.5 Å². The molecule has 0 aliphatic rings. The molecule has 2 aromatic rings. The molecule has 0 aromatic heterocycles. The van der Waals surface area contributed by atoms with Gasteiger partial charge >= 0.3 is 6.03 Å². The molecule has 1 atom stereocenters. The Kier molecular flexibility index (Phi) is 6.26. The zero-order valence-electron chi connectivity index (χ0n) is 12.8. The number of aliphatic hydroxyl groups excluding tert-OH is 1. The number of aliphatic hydroxyl groups is 1. The Morgan fingerprint density at radius 2 is 2.00 bits per heavy atom. The van der Waals surface area contributed by atoms with Crippen LogP contribution in [0.1, 0.15) is 18.5 Å². The lowest BCUT2D eigenvalue weighted by atomic mass is 10.1. The molecular formula is C17H19ClN2O3. The molecule has 0 bridgehead atoms. The number of nitrogens with one attached hydrogen (secondary N) is 2. The van der Waals surface area contributed by atoms with Crippen molar-refractivity contribution in [2.24, 2.45) is 0 Å². The fourth-order valence-corrected chi connectivity index (χ4v) is 2.33. The van der Waals surface area contributed by atoms with E-state index in [9.17, 15) is 9.90 Å². The van der Waals surface area contributed by atoms with E-state index in [4.69, 9.17) is 16.3 Å². The monoisotopic (exact) mass is 334 g/mol. The highest BCUT2D eigenvalue weighted by atomic mass is 35.5. The van der Waals surface area contributed by atoms with Crippen LogP contribution in [0, 0.1) is 0 Å². The molecule has 6 heteroatoms. The van der Waals surface area contributed by atoms with Crippen molar-refractivity contribution >= 4 is 23.3 Å². The zero-order chi connectivity index (χ0) is 16.7. The third-order valence-electron chi connectivity index (χ3n) is 3.18. The van der Waals surface area contributed by atoms with Crippen LogP contribution in [-0.2, 0) is 0 Å². The number of hydrogen-bond donors (Lipinski definition) is 3. The van der Waals surface area contributed by atoms with Gasteiger partial charge in [0.2, 0.25) is 0 Å². The largest absolute Gasteiger partial charge is 0.492 e. The lowest BCUT2D eigenvalue weighted by Gasteiger charge is -2.17. The molecule has 2 rings (SSSR count). The predicted molar refractivity (Wildman–Crippen MR) is 91.0 cm³/mol. The Morgan fingerprint density at radius 1 is 1.26 bits per heavy atom. The summed E-state index contributed by atoms with van der Waals surface area (Å²) in [6, 6.07) is 13.4. The molecule has 0 aliphatic heterocycles. The van der Waals surface area contributed by atoms with E-state index in [2.05, 4.69) is 10.6 Å². The molecule has 2 aromatic carbocycles. The van der Waals surface area contributed by atoms with Gasteiger partial charge in [-0.3, -0.25) is 0 Å². The SMILES string of the molecule is CCOc1ccc(NC(=O)NC(CO)c2ccccc2)cc1Cl. The van der Waals surface area contributed by atoms with E-state index < -0.39 is 12.1 Å². The van der Waals surface area contributed by atoms with Crippen LogP contribution in [0.15, 0.2) is 48.5 Å². The number of ether oxygens (including phenoxy) is 1. The molecule has 122 valence electrons. The summed E-state index contributed by atoms with van der Waals surface area (Å²) in [4.78, 5) is 12.1. The summed E-state index contributed by atoms with van der Waals surface area (Å²) in [5.41, 5.74) is 1.37. The number of rotatable bonds is 6. The van der Waals surface area contributed by atoms with Crippen LogP contribution in [0.5, 0.6) is 5.75 Å².